The van der Waals surface area contributed by atoms with Crippen LogP contribution in [0, 0.1) is 0 Å². The Morgan fingerprint density at radius 2 is 2.15 bits per heavy atom. The van der Waals surface area contributed by atoms with Gasteiger partial charge < -0.3 is 5.73 Å². The van der Waals surface area contributed by atoms with E-state index in [1.54, 1.807) is 4.68 Å². The number of nitrogens with one attached hydrogen (secondary N) is 1. The second-order valence-electron chi connectivity index (χ2n) is 4.89. The van der Waals surface area contributed by atoms with E-state index in [1.165, 1.54) is 6.20 Å². The fraction of sp³-hybridized carbons (Fsp3) is 0.727. The van der Waals surface area contributed by atoms with E-state index in [4.69, 9.17) is 5.73 Å². The maximum absolute atomic E-state index is 12.3. The molecule has 7 nitrogen and oxygen atoms in total. The number of rotatable bonds is 5. The molecule has 0 bridgehead atoms. The first kappa shape index (κ1) is 15.5. The van der Waals surface area contributed by atoms with Crippen LogP contribution in [0.5, 0.6) is 0 Å². The zero-order valence-electron chi connectivity index (χ0n) is 11.4. The van der Waals surface area contributed by atoms with Crippen molar-refractivity contribution < 1.29 is 12.6 Å². The van der Waals surface area contributed by atoms with Crippen LogP contribution in [0.15, 0.2) is 11.1 Å². The first-order valence-corrected chi connectivity index (χ1v) is 9.59. The van der Waals surface area contributed by atoms with Crippen molar-refractivity contribution in [2.75, 3.05) is 17.2 Å². The Morgan fingerprint density at radius 1 is 1.50 bits per heavy atom. The first-order valence-electron chi connectivity index (χ1n) is 6.62. The summed E-state index contributed by atoms with van der Waals surface area (Å²) in [6, 6.07) is -0.174. The van der Waals surface area contributed by atoms with E-state index >= 15 is 0 Å². The van der Waals surface area contributed by atoms with E-state index < -0.39 is 20.8 Å². The summed E-state index contributed by atoms with van der Waals surface area (Å²) < 4.78 is 40.0. The monoisotopic (exact) mass is 320 g/mol. The number of hydrogen-bond donors (Lipinski definition) is 2. The quantitative estimate of drug-likeness (QED) is 0.798. The summed E-state index contributed by atoms with van der Waals surface area (Å²) in [5, 5.41) is 4.00. The van der Waals surface area contributed by atoms with Gasteiger partial charge in [0.05, 0.1) is 0 Å². The molecule has 1 aliphatic rings. The van der Waals surface area contributed by atoms with E-state index in [0.717, 1.165) is 6.42 Å². The minimum Gasteiger partial charge on any atom is -0.381 e. The van der Waals surface area contributed by atoms with Crippen molar-refractivity contribution in [1.82, 2.24) is 14.5 Å². The molecule has 0 atom stereocenters. The molecule has 0 unspecified atom stereocenters. The third kappa shape index (κ3) is 3.58. The van der Waals surface area contributed by atoms with Crippen molar-refractivity contribution in [2.24, 2.45) is 0 Å². The minimum absolute atomic E-state index is 0.0188. The smallest absolute Gasteiger partial charge is 0.246 e. The molecule has 114 valence electrons. The third-order valence-corrected chi connectivity index (χ3v) is 6.13. The zero-order valence-corrected chi connectivity index (χ0v) is 13.0. The highest BCUT2D eigenvalue weighted by Gasteiger charge is 2.27. The van der Waals surface area contributed by atoms with Gasteiger partial charge in [0.15, 0.2) is 5.82 Å². The fourth-order valence-electron chi connectivity index (χ4n) is 2.16. The topological polar surface area (TPSA) is 107 Å². The SMILES string of the molecule is CCCn1cc(S(=O)(=O)NC2CCS(=O)CC2)c(N)n1. The van der Waals surface area contributed by atoms with Gasteiger partial charge in [0.2, 0.25) is 10.0 Å². The molecule has 20 heavy (non-hydrogen) atoms. The molecule has 0 spiro atoms. The summed E-state index contributed by atoms with van der Waals surface area (Å²) in [7, 11) is -4.48. The number of nitrogen functional groups attached to an aromatic ring is 1. The highest BCUT2D eigenvalue weighted by atomic mass is 32.2. The lowest BCUT2D eigenvalue weighted by molar-refractivity contribution is 0.521. The molecule has 9 heteroatoms. The average molecular weight is 320 g/mol. The summed E-state index contributed by atoms with van der Waals surface area (Å²) in [6.45, 7) is 2.61. The summed E-state index contributed by atoms with van der Waals surface area (Å²) in [5.74, 6) is 1.10. The van der Waals surface area contributed by atoms with Crippen LogP contribution in [0.4, 0.5) is 5.82 Å². The zero-order chi connectivity index (χ0) is 14.8. The third-order valence-electron chi connectivity index (χ3n) is 3.21. The van der Waals surface area contributed by atoms with Crippen molar-refractivity contribution in [3.8, 4) is 0 Å². The molecule has 0 radical (unpaired) electrons. The maximum atomic E-state index is 12.3. The molecular weight excluding hydrogens is 300 g/mol. The predicted octanol–water partition coefficient (Wildman–Crippen LogP) is 0.0647. The number of hydrogen-bond acceptors (Lipinski definition) is 5. The molecule has 0 aromatic carbocycles. The molecule has 3 N–H and O–H groups in total. The lowest BCUT2D eigenvalue weighted by atomic mass is 10.2. The maximum Gasteiger partial charge on any atom is 0.246 e. The van der Waals surface area contributed by atoms with E-state index in [1.807, 2.05) is 6.92 Å². The van der Waals surface area contributed by atoms with Gasteiger partial charge in [-0.05, 0) is 19.3 Å². The largest absolute Gasteiger partial charge is 0.381 e. The summed E-state index contributed by atoms with van der Waals surface area (Å²) in [6.07, 6.45) is 3.49. The average Bonchev–Trinajstić information content (AvgIpc) is 2.74. The molecule has 1 fully saturated rings. The number of anilines is 1. The van der Waals surface area contributed by atoms with Gasteiger partial charge in [-0.3, -0.25) is 8.89 Å². The Labute approximate surface area is 121 Å². The number of aryl methyl sites for hydroxylation is 1. The van der Waals surface area contributed by atoms with E-state index in [-0.39, 0.29) is 16.8 Å². The Bertz CT molecular complexity index is 587. The second-order valence-corrected chi connectivity index (χ2v) is 8.26. The Hall–Kier alpha value is -0.930. The molecule has 2 heterocycles. The predicted molar refractivity (Wildman–Crippen MR) is 78.2 cm³/mol. The summed E-state index contributed by atoms with van der Waals surface area (Å²) >= 11 is 0. The van der Waals surface area contributed by atoms with Crippen molar-refractivity contribution in [1.29, 1.82) is 0 Å². The molecule has 1 aromatic heterocycles. The van der Waals surface area contributed by atoms with E-state index in [9.17, 15) is 12.6 Å². The Morgan fingerprint density at radius 3 is 2.75 bits per heavy atom. The minimum atomic E-state index is -3.66. The number of sulfonamides is 1. The van der Waals surface area contributed by atoms with Crippen LogP contribution in [0.1, 0.15) is 26.2 Å². The van der Waals surface area contributed by atoms with Crippen LogP contribution in [0.3, 0.4) is 0 Å². The first-order chi connectivity index (χ1) is 9.42. The van der Waals surface area contributed by atoms with Crippen molar-refractivity contribution >= 4 is 26.6 Å². The standard InChI is InChI=1S/C11H20N4O3S2/c1-2-5-15-8-10(11(12)13-15)20(17,18)14-9-3-6-19(16)7-4-9/h8-9,14H,2-7H2,1H3,(H2,12,13). The van der Waals surface area contributed by atoms with Crippen LogP contribution in [0.2, 0.25) is 0 Å². The van der Waals surface area contributed by atoms with Gasteiger partial charge in [-0.25, -0.2) is 13.1 Å². The highest BCUT2D eigenvalue weighted by molar-refractivity contribution is 7.89. The fourth-order valence-corrected chi connectivity index (χ4v) is 4.84. The normalized spacial score (nSPS) is 23.9. The van der Waals surface area contributed by atoms with Crippen molar-refractivity contribution in [3.63, 3.8) is 0 Å². The molecule has 1 aliphatic heterocycles. The van der Waals surface area contributed by atoms with Crippen molar-refractivity contribution in [2.45, 2.75) is 43.7 Å². The van der Waals surface area contributed by atoms with Gasteiger partial charge in [-0.2, -0.15) is 5.10 Å². The molecular formula is C11H20N4O3S2. The Kier molecular flexibility index (Phi) is 4.82. The van der Waals surface area contributed by atoms with Crippen LogP contribution in [-0.4, -0.2) is 40.0 Å². The Balaban J connectivity index is 2.11. The van der Waals surface area contributed by atoms with Gasteiger partial charge in [0.1, 0.15) is 4.90 Å². The van der Waals surface area contributed by atoms with Gasteiger partial charge in [0, 0.05) is 41.1 Å². The number of nitrogens with zero attached hydrogens (tertiary/aromatic N) is 2. The van der Waals surface area contributed by atoms with Crippen molar-refractivity contribution in [3.05, 3.63) is 6.20 Å². The van der Waals surface area contributed by atoms with Crippen LogP contribution in [0.25, 0.3) is 0 Å². The summed E-state index contributed by atoms with van der Waals surface area (Å²) in [4.78, 5) is 0.0256. The number of aromatic nitrogens is 2. The van der Waals surface area contributed by atoms with Gasteiger partial charge >= 0.3 is 0 Å². The molecule has 1 aromatic rings. The van der Waals surface area contributed by atoms with E-state index in [0.29, 0.717) is 30.9 Å². The summed E-state index contributed by atoms with van der Waals surface area (Å²) in [5.41, 5.74) is 5.69. The van der Waals surface area contributed by atoms with Gasteiger partial charge in [-0.1, -0.05) is 6.92 Å². The number of nitrogens with two attached hydrogens (primary N) is 1. The molecule has 0 saturated carbocycles. The van der Waals surface area contributed by atoms with Crippen LogP contribution >= 0.6 is 0 Å². The lowest BCUT2D eigenvalue weighted by Gasteiger charge is -2.22. The van der Waals surface area contributed by atoms with E-state index in [2.05, 4.69) is 9.82 Å². The second kappa shape index (κ2) is 6.23. The molecule has 2 rings (SSSR count). The highest BCUT2D eigenvalue weighted by Crippen LogP contribution is 2.19. The van der Waals surface area contributed by atoms with Gasteiger partial charge in [0.25, 0.3) is 0 Å². The molecule has 0 aliphatic carbocycles. The molecule has 0 amide bonds. The lowest BCUT2D eigenvalue weighted by Crippen LogP contribution is -2.39. The molecule has 1 saturated heterocycles. The van der Waals surface area contributed by atoms with Crippen LogP contribution < -0.4 is 10.5 Å². The van der Waals surface area contributed by atoms with Crippen LogP contribution in [-0.2, 0) is 27.4 Å². The van der Waals surface area contributed by atoms with Gasteiger partial charge in [-0.15, -0.1) is 0 Å².